The standard InChI is InChI=1S/C34H30N2O/c1-34(2,3)33(37)36(22-23-16-17-24-10-4-6-12-26(24)20-23)32-29-14-8-9-15-30(29)35-31(32)28-19-18-25-11-5-7-13-27(25)21-28/h4-21,35H,22H2,1-3H3. The first-order chi connectivity index (χ1) is 17.9. The third kappa shape index (κ3) is 4.27. The monoisotopic (exact) mass is 482 g/mol. The lowest BCUT2D eigenvalue weighted by atomic mass is 9.93. The number of amides is 1. The van der Waals surface area contributed by atoms with E-state index in [0.717, 1.165) is 33.4 Å². The average molecular weight is 483 g/mol. The van der Waals surface area contributed by atoms with Crippen LogP contribution in [0, 0.1) is 5.41 Å². The van der Waals surface area contributed by atoms with E-state index in [1.54, 1.807) is 0 Å². The van der Waals surface area contributed by atoms with Crippen molar-refractivity contribution in [2.45, 2.75) is 27.3 Å². The van der Waals surface area contributed by atoms with Gasteiger partial charge >= 0.3 is 0 Å². The van der Waals surface area contributed by atoms with Crippen LogP contribution in [0.3, 0.4) is 0 Å². The molecule has 182 valence electrons. The summed E-state index contributed by atoms with van der Waals surface area (Å²) in [5.74, 6) is 0.0902. The Morgan fingerprint density at radius 3 is 2.00 bits per heavy atom. The zero-order valence-corrected chi connectivity index (χ0v) is 21.5. The minimum Gasteiger partial charge on any atom is -0.353 e. The zero-order valence-electron chi connectivity index (χ0n) is 21.5. The molecule has 0 aliphatic rings. The second-order valence-corrected chi connectivity index (χ2v) is 10.8. The van der Waals surface area contributed by atoms with E-state index >= 15 is 0 Å². The molecule has 0 aliphatic heterocycles. The van der Waals surface area contributed by atoms with Crippen LogP contribution in [-0.4, -0.2) is 10.9 Å². The highest BCUT2D eigenvalue weighted by molar-refractivity contribution is 6.11. The maximum atomic E-state index is 14.1. The summed E-state index contributed by atoms with van der Waals surface area (Å²) in [5, 5.41) is 5.79. The van der Waals surface area contributed by atoms with Crippen molar-refractivity contribution in [3.8, 4) is 11.3 Å². The maximum Gasteiger partial charge on any atom is 0.232 e. The summed E-state index contributed by atoms with van der Waals surface area (Å²) in [6, 6.07) is 38.0. The van der Waals surface area contributed by atoms with E-state index in [4.69, 9.17) is 0 Å². The number of carbonyl (C=O) groups excluding carboxylic acids is 1. The van der Waals surface area contributed by atoms with E-state index in [0.29, 0.717) is 6.54 Å². The highest BCUT2D eigenvalue weighted by Gasteiger charge is 2.32. The van der Waals surface area contributed by atoms with Gasteiger partial charge in [0.25, 0.3) is 0 Å². The number of para-hydroxylation sites is 1. The van der Waals surface area contributed by atoms with Crippen molar-refractivity contribution in [3.63, 3.8) is 0 Å². The Labute approximate surface area is 217 Å². The number of hydrogen-bond acceptors (Lipinski definition) is 1. The van der Waals surface area contributed by atoms with Gasteiger partial charge in [-0.25, -0.2) is 0 Å². The molecular weight excluding hydrogens is 452 g/mol. The van der Waals surface area contributed by atoms with Crippen molar-refractivity contribution in [1.29, 1.82) is 0 Å². The minimum absolute atomic E-state index is 0.0902. The summed E-state index contributed by atoms with van der Waals surface area (Å²) in [5.41, 5.74) is 4.53. The third-order valence-corrected chi connectivity index (χ3v) is 7.03. The number of aromatic amines is 1. The Hall–Kier alpha value is -4.37. The van der Waals surface area contributed by atoms with Crippen molar-refractivity contribution in [1.82, 2.24) is 4.98 Å². The van der Waals surface area contributed by atoms with E-state index in [1.165, 1.54) is 21.5 Å². The predicted octanol–water partition coefficient (Wildman–Crippen LogP) is 8.72. The van der Waals surface area contributed by atoms with E-state index in [1.807, 2.05) is 37.8 Å². The molecule has 1 aromatic heterocycles. The van der Waals surface area contributed by atoms with Crippen LogP contribution in [0.15, 0.2) is 109 Å². The fraction of sp³-hybridized carbons (Fsp3) is 0.147. The predicted molar refractivity (Wildman–Crippen MR) is 156 cm³/mol. The molecule has 0 radical (unpaired) electrons. The molecule has 0 fully saturated rings. The average Bonchev–Trinajstić information content (AvgIpc) is 3.30. The van der Waals surface area contributed by atoms with Crippen molar-refractivity contribution >= 4 is 44.0 Å². The first-order valence-electron chi connectivity index (χ1n) is 12.8. The zero-order chi connectivity index (χ0) is 25.6. The number of nitrogens with zero attached hydrogens (tertiary/aromatic N) is 1. The van der Waals surface area contributed by atoms with Crippen LogP contribution < -0.4 is 4.90 Å². The second kappa shape index (κ2) is 8.94. The quantitative estimate of drug-likeness (QED) is 0.268. The van der Waals surface area contributed by atoms with Crippen molar-refractivity contribution in [3.05, 3.63) is 115 Å². The topological polar surface area (TPSA) is 36.1 Å². The molecule has 1 amide bonds. The van der Waals surface area contributed by atoms with Gasteiger partial charge in [-0.05, 0) is 45.3 Å². The van der Waals surface area contributed by atoms with E-state index in [-0.39, 0.29) is 5.91 Å². The number of fused-ring (bicyclic) bond motifs is 3. The minimum atomic E-state index is -0.546. The first-order valence-corrected chi connectivity index (χ1v) is 12.8. The molecule has 0 bridgehead atoms. The fourth-order valence-electron chi connectivity index (χ4n) is 5.14. The Morgan fingerprint density at radius 1 is 0.703 bits per heavy atom. The first kappa shape index (κ1) is 23.1. The highest BCUT2D eigenvalue weighted by atomic mass is 16.2. The lowest BCUT2D eigenvalue weighted by molar-refractivity contribution is -0.125. The number of carbonyl (C=O) groups is 1. The van der Waals surface area contributed by atoms with E-state index in [2.05, 4.69) is 102 Å². The number of rotatable bonds is 4. The van der Waals surface area contributed by atoms with Gasteiger partial charge in [0.1, 0.15) is 0 Å². The molecule has 3 heteroatoms. The number of hydrogen-bond donors (Lipinski definition) is 1. The SMILES string of the molecule is CC(C)(C)C(=O)N(Cc1ccc2ccccc2c1)c1c(-c2ccc3ccccc3c2)[nH]c2ccccc12. The number of aromatic nitrogens is 1. The van der Waals surface area contributed by atoms with Crippen LogP contribution in [0.4, 0.5) is 5.69 Å². The van der Waals surface area contributed by atoms with Gasteiger partial charge in [0.2, 0.25) is 5.91 Å². The molecule has 0 saturated carbocycles. The smallest absolute Gasteiger partial charge is 0.232 e. The summed E-state index contributed by atoms with van der Waals surface area (Å²) >= 11 is 0. The van der Waals surface area contributed by atoms with Gasteiger partial charge in [0.05, 0.1) is 17.9 Å². The van der Waals surface area contributed by atoms with Crippen molar-refractivity contribution in [2.24, 2.45) is 5.41 Å². The number of nitrogens with one attached hydrogen (secondary N) is 1. The Morgan fingerprint density at radius 2 is 1.30 bits per heavy atom. The maximum absolute atomic E-state index is 14.1. The summed E-state index contributed by atoms with van der Waals surface area (Å²) in [7, 11) is 0. The van der Waals surface area contributed by atoms with Gasteiger partial charge in [-0.3, -0.25) is 4.79 Å². The second-order valence-electron chi connectivity index (χ2n) is 10.8. The molecule has 3 nitrogen and oxygen atoms in total. The van der Waals surface area contributed by atoms with Gasteiger partial charge in [-0.2, -0.15) is 0 Å². The summed E-state index contributed by atoms with van der Waals surface area (Å²) in [6.45, 7) is 6.47. The Balaban J connectivity index is 1.56. The molecule has 0 saturated heterocycles. The molecule has 1 N–H and O–H groups in total. The normalized spacial score (nSPS) is 11.9. The number of H-pyrrole nitrogens is 1. The van der Waals surface area contributed by atoms with Crippen LogP contribution in [0.2, 0.25) is 0 Å². The molecule has 6 aromatic rings. The molecule has 0 spiro atoms. The van der Waals surface area contributed by atoms with Crippen LogP contribution in [0.25, 0.3) is 43.7 Å². The lowest BCUT2D eigenvalue weighted by Gasteiger charge is -2.30. The van der Waals surface area contributed by atoms with Crippen LogP contribution >= 0.6 is 0 Å². The van der Waals surface area contributed by atoms with Crippen molar-refractivity contribution in [2.75, 3.05) is 4.90 Å². The van der Waals surface area contributed by atoms with Crippen molar-refractivity contribution < 1.29 is 4.79 Å². The van der Waals surface area contributed by atoms with Crippen LogP contribution in [0.5, 0.6) is 0 Å². The van der Waals surface area contributed by atoms with Gasteiger partial charge < -0.3 is 9.88 Å². The molecule has 0 aliphatic carbocycles. The molecule has 1 heterocycles. The van der Waals surface area contributed by atoms with Crippen LogP contribution in [0.1, 0.15) is 26.3 Å². The fourth-order valence-corrected chi connectivity index (χ4v) is 5.14. The summed E-state index contributed by atoms with van der Waals surface area (Å²) in [4.78, 5) is 19.7. The number of benzene rings is 5. The van der Waals surface area contributed by atoms with Gasteiger partial charge in [0.15, 0.2) is 0 Å². The molecule has 6 rings (SSSR count). The van der Waals surface area contributed by atoms with Gasteiger partial charge in [0, 0.05) is 21.9 Å². The van der Waals surface area contributed by atoms with Crippen LogP contribution in [-0.2, 0) is 11.3 Å². The van der Waals surface area contributed by atoms with Gasteiger partial charge in [-0.15, -0.1) is 0 Å². The Kier molecular flexibility index (Phi) is 5.57. The molecular formula is C34H30N2O. The summed E-state index contributed by atoms with van der Waals surface area (Å²) in [6.07, 6.45) is 0. The molecule has 37 heavy (non-hydrogen) atoms. The van der Waals surface area contributed by atoms with E-state index in [9.17, 15) is 4.79 Å². The highest BCUT2D eigenvalue weighted by Crippen LogP contribution is 2.41. The number of anilines is 1. The third-order valence-electron chi connectivity index (χ3n) is 7.03. The molecule has 0 unspecified atom stereocenters. The molecule has 0 atom stereocenters. The van der Waals surface area contributed by atoms with E-state index < -0.39 is 5.41 Å². The summed E-state index contributed by atoms with van der Waals surface area (Å²) < 4.78 is 0. The largest absolute Gasteiger partial charge is 0.353 e. The molecule has 5 aromatic carbocycles. The Bertz CT molecular complexity index is 1770. The van der Waals surface area contributed by atoms with Gasteiger partial charge in [-0.1, -0.05) is 112 Å². The lowest BCUT2D eigenvalue weighted by Crippen LogP contribution is -2.39.